The van der Waals surface area contributed by atoms with Crippen LogP contribution < -0.4 is 14.4 Å². The van der Waals surface area contributed by atoms with E-state index in [9.17, 15) is 18.0 Å². The van der Waals surface area contributed by atoms with Crippen LogP contribution in [-0.2, 0) is 14.8 Å². The highest BCUT2D eigenvalue weighted by molar-refractivity contribution is 7.92. The quantitative estimate of drug-likeness (QED) is 0.391. The van der Waals surface area contributed by atoms with Crippen molar-refractivity contribution in [3.8, 4) is 5.75 Å². The van der Waals surface area contributed by atoms with E-state index >= 15 is 0 Å². The number of rotatable bonds is 7. The van der Waals surface area contributed by atoms with Gasteiger partial charge in [0, 0.05) is 31.0 Å². The Morgan fingerprint density at radius 1 is 1.08 bits per heavy atom. The van der Waals surface area contributed by atoms with Crippen LogP contribution in [0.2, 0.25) is 15.1 Å². The number of nitrogens with zero attached hydrogens (tertiary/aromatic N) is 3. The van der Waals surface area contributed by atoms with Crippen molar-refractivity contribution in [2.45, 2.75) is 30.3 Å². The van der Waals surface area contributed by atoms with Gasteiger partial charge in [0.15, 0.2) is 11.6 Å². The second kappa shape index (κ2) is 11.2. The van der Waals surface area contributed by atoms with Crippen LogP contribution in [0, 0.1) is 0 Å². The minimum Gasteiger partial charge on any atom is -0.485 e. The Labute approximate surface area is 240 Å². The number of likely N-dealkylation sites (tertiary alicyclic amines) is 1. The predicted molar refractivity (Wildman–Crippen MR) is 149 cm³/mol. The number of nitrogens with one attached hydrogen (secondary N) is 1. The molecular weight excluding hydrogens is 587 g/mol. The predicted octanol–water partition coefficient (Wildman–Crippen LogP) is 5.26. The molecule has 0 radical (unpaired) electrons. The molecule has 2 aromatic carbocycles. The van der Waals surface area contributed by atoms with Crippen LogP contribution in [0.3, 0.4) is 0 Å². The number of hydrogen-bond donors (Lipinski definition) is 1. The van der Waals surface area contributed by atoms with E-state index < -0.39 is 22.0 Å². The average molecular weight is 610 g/mol. The third-order valence-electron chi connectivity index (χ3n) is 6.45. The molecule has 0 spiro atoms. The number of hydrogen-bond acceptors (Lipinski definition) is 6. The first kappa shape index (κ1) is 27.5. The second-order valence-electron chi connectivity index (χ2n) is 9.08. The standard InChI is InChI=1S/C26H23Cl3N4O5S/c27-16-4-1-5-18(14-16)39(36,37)33-15-17(11-13-32-12-3-8-23(32)34)38-21-9-10-22(30-25(21)33)31-26(35)24-19(28)6-2-7-20(24)29/h1-2,4-7,9-10,14,17H,3,8,11-13,15H2,(H,30,31,35). The van der Waals surface area contributed by atoms with Crippen molar-refractivity contribution < 1.29 is 22.7 Å². The smallest absolute Gasteiger partial charge is 0.265 e. The Bertz CT molecular complexity index is 1530. The number of ether oxygens (including phenoxy) is 1. The fraction of sp³-hybridized carbons (Fsp3) is 0.269. The molecule has 1 aromatic heterocycles. The third-order valence-corrected chi connectivity index (χ3v) is 9.06. The first-order valence-electron chi connectivity index (χ1n) is 12.1. The lowest BCUT2D eigenvalue weighted by molar-refractivity contribution is -0.127. The van der Waals surface area contributed by atoms with Gasteiger partial charge in [-0.1, -0.05) is 46.9 Å². The van der Waals surface area contributed by atoms with E-state index in [-0.39, 0.29) is 55.4 Å². The van der Waals surface area contributed by atoms with Crippen molar-refractivity contribution in [2.75, 3.05) is 29.3 Å². The number of sulfonamides is 1. The van der Waals surface area contributed by atoms with Gasteiger partial charge in [0.05, 0.1) is 27.0 Å². The Morgan fingerprint density at radius 3 is 2.51 bits per heavy atom. The normalized spacial score (nSPS) is 17.1. The largest absolute Gasteiger partial charge is 0.485 e. The number of carbonyl (C=O) groups is 2. The van der Waals surface area contributed by atoms with Crippen LogP contribution in [0.1, 0.15) is 29.6 Å². The fourth-order valence-corrected chi connectivity index (χ4v) is 6.84. The van der Waals surface area contributed by atoms with Crippen molar-refractivity contribution in [3.05, 3.63) is 75.2 Å². The Balaban J connectivity index is 1.47. The van der Waals surface area contributed by atoms with Crippen LogP contribution in [0.4, 0.5) is 11.6 Å². The summed E-state index contributed by atoms with van der Waals surface area (Å²) in [4.78, 5) is 31.1. The number of halogens is 3. The summed E-state index contributed by atoms with van der Waals surface area (Å²) in [6.45, 7) is 1.07. The lowest BCUT2D eigenvalue weighted by atomic mass is 10.2. The maximum absolute atomic E-state index is 13.8. The lowest BCUT2D eigenvalue weighted by Crippen LogP contribution is -2.45. The van der Waals surface area contributed by atoms with Crippen molar-refractivity contribution in [2.24, 2.45) is 0 Å². The van der Waals surface area contributed by atoms with Gasteiger partial charge in [0.25, 0.3) is 15.9 Å². The van der Waals surface area contributed by atoms with Gasteiger partial charge in [0.2, 0.25) is 5.91 Å². The highest BCUT2D eigenvalue weighted by atomic mass is 35.5. The fourth-order valence-electron chi connectivity index (χ4n) is 4.51. The molecule has 0 saturated carbocycles. The summed E-state index contributed by atoms with van der Waals surface area (Å²) in [5, 5.41) is 3.21. The molecule has 3 aromatic rings. The lowest BCUT2D eigenvalue weighted by Gasteiger charge is -2.35. The molecule has 0 bridgehead atoms. The number of carbonyl (C=O) groups excluding carboxylic acids is 2. The summed E-state index contributed by atoms with van der Waals surface area (Å²) in [6.07, 6.45) is 1.21. The van der Waals surface area contributed by atoms with E-state index in [1.165, 1.54) is 30.3 Å². The number of anilines is 2. The van der Waals surface area contributed by atoms with Crippen molar-refractivity contribution in [1.82, 2.24) is 9.88 Å². The molecule has 2 aliphatic rings. The minimum atomic E-state index is -4.12. The second-order valence-corrected chi connectivity index (χ2v) is 12.2. The summed E-state index contributed by atoms with van der Waals surface area (Å²) in [5.74, 6) is -0.224. The monoisotopic (exact) mass is 608 g/mol. The summed E-state index contributed by atoms with van der Waals surface area (Å²) in [6, 6.07) is 13.6. The van der Waals surface area contributed by atoms with Crippen LogP contribution in [0.25, 0.3) is 0 Å². The van der Waals surface area contributed by atoms with E-state index in [0.29, 0.717) is 25.9 Å². The molecule has 9 nitrogen and oxygen atoms in total. The Kier molecular flexibility index (Phi) is 7.91. The van der Waals surface area contributed by atoms with Gasteiger partial charge in [0.1, 0.15) is 11.9 Å². The molecule has 2 aliphatic heterocycles. The van der Waals surface area contributed by atoms with Crippen molar-refractivity contribution in [3.63, 3.8) is 0 Å². The number of amides is 2. The van der Waals surface area contributed by atoms with Gasteiger partial charge in [-0.15, -0.1) is 0 Å². The van der Waals surface area contributed by atoms with E-state index in [2.05, 4.69) is 10.3 Å². The van der Waals surface area contributed by atoms with E-state index in [0.717, 1.165) is 10.7 Å². The van der Waals surface area contributed by atoms with Crippen LogP contribution in [0.15, 0.2) is 59.5 Å². The first-order chi connectivity index (χ1) is 18.6. The van der Waals surface area contributed by atoms with E-state index in [1.54, 1.807) is 29.2 Å². The summed E-state index contributed by atoms with van der Waals surface area (Å²) < 4.78 is 34.8. The van der Waals surface area contributed by atoms with Gasteiger partial charge in [-0.2, -0.15) is 0 Å². The van der Waals surface area contributed by atoms with Gasteiger partial charge < -0.3 is 15.0 Å². The van der Waals surface area contributed by atoms with Gasteiger partial charge in [-0.05, 0) is 48.9 Å². The van der Waals surface area contributed by atoms with Crippen molar-refractivity contribution >= 4 is 68.3 Å². The Hall–Kier alpha value is -3.05. The molecule has 2 amide bonds. The Morgan fingerprint density at radius 2 is 1.82 bits per heavy atom. The zero-order valence-electron chi connectivity index (χ0n) is 20.4. The zero-order chi connectivity index (χ0) is 27.7. The topological polar surface area (TPSA) is 109 Å². The summed E-state index contributed by atoms with van der Waals surface area (Å²) >= 11 is 18.4. The molecule has 13 heteroatoms. The molecule has 204 valence electrons. The number of pyridine rings is 1. The number of aromatic nitrogens is 1. The third kappa shape index (κ3) is 5.79. The molecule has 0 aliphatic carbocycles. The molecule has 3 heterocycles. The maximum atomic E-state index is 13.8. The molecule has 1 saturated heterocycles. The van der Waals surface area contributed by atoms with Crippen LogP contribution in [-0.4, -0.2) is 55.9 Å². The SMILES string of the molecule is O=C(Nc1ccc2c(n1)N(S(=O)(=O)c1cccc(Cl)c1)CC(CCN1CCCC1=O)O2)c1c(Cl)cccc1Cl. The highest BCUT2D eigenvalue weighted by Crippen LogP contribution is 2.38. The van der Waals surface area contributed by atoms with Crippen LogP contribution >= 0.6 is 34.8 Å². The van der Waals surface area contributed by atoms with E-state index in [4.69, 9.17) is 39.5 Å². The molecule has 1 N–H and O–H groups in total. The van der Waals surface area contributed by atoms with E-state index in [1.807, 2.05) is 0 Å². The molecule has 1 fully saturated rings. The number of fused-ring (bicyclic) bond motifs is 1. The highest BCUT2D eigenvalue weighted by Gasteiger charge is 2.37. The summed E-state index contributed by atoms with van der Waals surface area (Å²) in [7, 11) is -4.12. The van der Waals surface area contributed by atoms with Gasteiger partial charge in [-0.3, -0.25) is 9.59 Å². The number of benzene rings is 2. The van der Waals surface area contributed by atoms with Gasteiger partial charge in [-0.25, -0.2) is 17.7 Å². The zero-order valence-corrected chi connectivity index (χ0v) is 23.5. The van der Waals surface area contributed by atoms with Gasteiger partial charge >= 0.3 is 0 Å². The summed E-state index contributed by atoms with van der Waals surface area (Å²) in [5.41, 5.74) is 0.0662. The molecular formula is C26H23Cl3N4O5S. The first-order valence-corrected chi connectivity index (χ1v) is 14.7. The van der Waals surface area contributed by atoms with Crippen molar-refractivity contribution in [1.29, 1.82) is 0 Å². The average Bonchev–Trinajstić information content (AvgIpc) is 3.31. The maximum Gasteiger partial charge on any atom is 0.265 e. The molecule has 39 heavy (non-hydrogen) atoms. The molecule has 1 atom stereocenters. The van der Waals surface area contributed by atoms with Crippen LogP contribution in [0.5, 0.6) is 5.75 Å². The molecule has 5 rings (SSSR count). The minimum absolute atomic E-state index is 0.00605. The molecule has 1 unspecified atom stereocenters.